The summed E-state index contributed by atoms with van der Waals surface area (Å²) in [6.45, 7) is 5.62. The average molecular weight is 333 g/mol. The fourth-order valence-electron chi connectivity index (χ4n) is 2.20. The first-order valence-electron chi connectivity index (χ1n) is 8.27. The minimum absolute atomic E-state index is 0.249. The second-order valence-corrected chi connectivity index (χ2v) is 6.02. The van der Waals surface area contributed by atoms with Gasteiger partial charge in [-0.2, -0.15) is 5.10 Å². The van der Waals surface area contributed by atoms with Crippen LogP contribution in [0.25, 0.3) is 0 Å². The van der Waals surface area contributed by atoms with Crippen LogP contribution in [0.15, 0.2) is 40.2 Å². The molecule has 0 fully saturated rings. The zero-order valence-electron chi connectivity index (χ0n) is 14.6. The first-order chi connectivity index (χ1) is 11.5. The molecular weight excluding hydrogens is 306 g/mol. The van der Waals surface area contributed by atoms with Crippen molar-refractivity contribution in [1.82, 2.24) is 20.4 Å². The van der Waals surface area contributed by atoms with E-state index in [4.69, 9.17) is 4.42 Å². The molecule has 0 aromatic carbocycles. The molecule has 2 aromatic rings. The second kappa shape index (κ2) is 8.54. The SMILES string of the molecule is CCCNC(=NCC(C)(O)c1cnn(C)c1)NCCc1ccco1. The summed E-state index contributed by atoms with van der Waals surface area (Å²) in [6, 6.07) is 3.83. The van der Waals surface area contributed by atoms with Crippen LogP contribution in [0.1, 0.15) is 31.6 Å². The quantitative estimate of drug-likeness (QED) is 0.502. The van der Waals surface area contributed by atoms with Crippen LogP contribution in [0.4, 0.5) is 0 Å². The van der Waals surface area contributed by atoms with Crippen molar-refractivity contribution < 1.29 is 9.52 Å². The standard InChI is InChI=1S/C17H27N5O2/c1-4-8-18-16(19-9-7-15-6-5-10-24-15)20-13-17(2,23)14-11-21-22(3)12-14/h5-6,10-12,23H,4,7-9,13H2,1-3H3,(H2,18,19,20). The molecule has 0 aliphatic rings. The van der Waals surface area contributed by atoms with E-state index in [1.807, 2.05) is 19.2 Å². The Morgan fingerprint density at radius 3 is 2.83 bits per heavy atom. The van der Waals surface area contributed by atoms with Gasteiger partial charge in [0.25, 0.3) is 0 Å². The van der Waals surface area contributed by atoms with Crippen molar-refractivity contribution >= 4 is 5.96 Å². The van der Waals surface area contributed by atoms with E-state index < -0.39 is 5.60 Å². The molecule has 0 saturated carbocycles. The van der Waals surface area contributed by atoms with Crippen LogP contribution in [0.2, 0.25) is 0 Å². The van der Waals surface area contributed by atoms with Crippen molar-refractivity contribution in [3.05, 3.63) is 42.1 Å². The summed E-state index contributed by atoms with van der Waals surface area (Å²) >= 11 is 0. The van der Waals surface area contributed by atoms with Gasteiger partial charge in [0.1, 0.15) is 11.4 Å². The monoisotopic (exact) mass is 333 g/mol. The summed E-state index contributed by atoms with van der Waals surface area (Å²) in [5.41, 5.74) is -0.310. The fraction of sp³-hybridized carbons (Fsp3) is 0.529. The molecule has 0 radical (unpaired) electrons. The summed E-state index contributed by atoms with van der Waals surface area (Å²) in [6.07, 6.45) is 6.92. The van der Waals surface area contributed by atoms with E-state index in [0.717, 1.165) is 30.7 Å². The van der Waals surface area contributed by atoms with Gasteiger partial charge >= 0.3 is 0 Å². The first-order valence-corrected chi connectivity index (χ1v) is 8.27. The van der Waals surface area contributed by atoms with Gasteiger partial charge in [0.15, 0.2) is 5.96 Å². The zero-order chi connectivity index (χ0) is 17.4. The number of hydrogen-bond acceptors (Lipinski definition) is 4. The highest BCUT2D eigenvalue weighted by molar-refractivity contribution is 5.79. The zero-order valence-corrected chi connectivity index (χ0v) is 14.6. The van der Waals surface area contributed by atoms with Crippen molar-refractivity contribution in [3.8, 4) is 0 Å². The van der Waals surface area contributed by atoms with Crippen molar-refractivity contribution in [3.63, 3.8) is 0 Å². The number of nitrogens with one attached hydrogen (secondary N) is 2. The van der Waals surface area contributed by atoms with Crippen LogP contribution in [0, 0.1) is 0 Å². The van der Waals surface area contributed by atoms with Gasteiger partial charge in [-0.1, -0.05) is 6.92 Å². The second-order valence-electron chi connectivity index (χ2n) is 6.02. The predicted octanol–water partition coefficient (Wildman–Crippen LogP) is 1.41. The fourth-order valence-corrected chi connectivity index (χ4v) is 2.20. The lowest BCUT2D eigenvalue weighted by molar-refractivity contribution is 0.0672. The number of guanidine groups is 1. The van der Waals surface area contributed by atoms with Gasteiger partial charge in [-0.15, -0.1) is 0 Å². The molecule has 132 valence electrons. The molecule has 0 bridgehead atoms. The van der Waals surface area contributed by atoms with E-state index >= 15 is 0 Å². The van der Waals surface area contributed by atoms with Gasteiger partial charge < -0.3 is 20.2 Å². The lowest BCUT2D eigenvalue weighted by Gasteiger charge is -2.20. The molecule has 3 N–H and O–H groups in total. The Bertz CT molecular complexity index is 631. The van der Waals surface area contributed by atoms with E-state index in [-0.39, 0.29) is 6.54 Å². The Kier molecular flexibility index (Phi) is 6.43. The summed E-state index contributed by atoms with van der Waals surface area (Å²) < 4.78 is 6.99. The molecule has 2 rings (SSSR count). The summed E-state index contributed by atoms with van der Waals surface area (Å²) in [5.74, 6) is 1.62. The Morgan fingerprint density at radius 2 is 2.21 bits per heavy atom. The van der Waals surface area contributed by atoms with Crippen LogP contribution in [-0.4, -0.2) is 40.5 Å². The van der Waals surface area contributed by atoms with Gasteiger partial charge in [-0.3, -0.25) is 4.68 Å². The largest absolute Gasteiger partial charge is 0.469 e. The Morgan fingerprint density at radius 1 is 1.42 bits per heavy atom. The highest BCUT2D eigenvalue weighted by Crippen LogP contribution is 2.19. The van der Waals surface area contributed by atoms with Crippen molar-refractivity contribution in [2.24, 2.45) is 12.0 Å². The molecule has 2 heterocycles. The van der Waals surface area contributed by atoms with Gasteiger partial charge in [0.05, 0.1) is 19.0 Å². The minimum atomic E-state index is -1.06. The van der Waals surface area contributed by atoms with E-state index in [1.165, 1.54) is 0 Å². The number of aryl methyl sites for hydroxylation is 1. The lowest BCUT2D eigenvalue weighted by atomic mass is 10.0. The van der Waals surface area contributed by atoms with Crippen molar-refractivity contribution in [2.45, 2.75) is 32.3 Å². The lowest BCUT2D eigenvalue weighted by Crippen LogP contribution is -2.40. The van der Waals surface area contributed by atoms with Gasteiger partial charge in [-0.05, 0) is 25.5 Å². The molecule has 0 aliphatic heterocycles. The van der Waals surface area contributed by atoms with Crippen molar-refractivity contribution in [2.75, 3.05) is 19.6 Å². The normalized spacial score (nSPS) is 14.4. The highest BCUT2D eigenvalue weighted by atomic mass is 16.3. The van der Waals surface area contributed by atoms with Gasteiger partial charge in [0.2, 0.25) is 0 Å². The molecule has 1 unspecified atom stereocenters. The number of nitrogens with zero attached hydrogens (tertiary/aromatic N) is 3. The molecule has 0 aliphatic carbocycles. The smallest absolute Gasteiger partial charge is 0.191 e. The van der Waals surface area contributed by atoms with Crippen LogP contribution >= 0.6 is 0 Å². The number of furan rings is 1. The first kappa shape index (κ1) is 18.1. The highest BCUT2D eigenvalue weighted by Gasteiger charge is 2.24. The third kappa shape index (κ3) is 5.42. The van der Waals surface area contributed by atoms with Crippen LogP contribution < -0.4 is 10.6 Å². The molecule has 0 spiro atoms. The van der Waals surface area contributed by atoms with Crippen LogP contribution in [0.3, 0.4) is 0 Å². The van der Waals surface area contributed by atoms with E-state index in [9.17, 15) is 5.11 Å². The Labute approximate surface area is 142 Å². The van der Waals surface area contributed by atoms with E-state index in [1.54, 1.807) is 30.3 Å². The Hall–Kier alpha value is -2.28. The summed E-state index contributed by atoms with van der Waals surface area (Å²) in [7, 11) is 1.83. The number of aliphatic hydroxyl groups is 1. The minimum Gasteiger partial charge on any atom is -0.469 e. The molecule has 1 atom stereocenters. The number of rotatable bonds is 8. The van der Waals surface area contributed by atoms with Crippen LogP contribution in [-0.2, 0) is 19.1 Å². The number of aromatic nitrogens is 2. The molecule has 2 aromatic heterocycles. The number of aliphatic imine (C=N–C) groups is 1. The third-order valence-electron chi connectivity index (χ3n) is 3.66. The molecular formula is C17H27N5O2. The summed E-state index contributed by atoms with van der Waals surface area (Å²) in [4.78, 5) is 4.51. The topological polar surface area (TPSA) is 87.6 Å². The van der Waals surface area contributed by atoms with E-state index in [0.29, 0.717) is 12.5 Å². The van der Waals surface area contributed by atoms with Gasteiger partial charge in [-0.25, -0.2) is 4.99 Å². The molecule has 7 nitrogen and oxygen atoms in total. The summed E-state index contributed by atoms with van der Waals surface area (Å²) in [5, 5.41) is 21.2. The third-order valence-corrected chi connectivity index (χ3v) is 3.66. The maximum atomic E-state index is 10.6. The van der Waals surface area contributed by atoms with E-state index in [2.05, 4.69) is 27.6 Å². The molecule has 7 heteroatoms. The van der Waals surface area contributed by atoms with Crippen molar-refractivity contribution in [1.29, 1.82) is 0 Å². The molecule has 0 saturated heterocycles. The maximum absolute atomic E-state index is 10.6. The Balaban J connectivity index is 1.93. The maximum Gasteiger partial charge on any atom is 0.191 e. The molecule has 0 amide bonds. The van der Waals surface area contributed by atoms with Crippen LogP contribution in [0.5, 0.6) is 0 Å². The molecule has 24 heavy (non-hydrogen) atoms. The predicted molar refractivity (Wildman–Crippen MR) is 93.8 cm³/mol. The average Bonchev–Trinajstić information content (AvgIpc) is 3.21. The number of hydrogen-bond donors (Lipinski definition) is 3. The van der Waals surface area contributed by atoms with Gasteiger partial charge in [0, 0.05) is 38.3 Å².